The van der Waals surface area contributed by atoms with Gasteiger partial charge in [-0.05, 0) is 25.0 Å². The topological polar surface area (TPSA) is 72.1 Å². The number of amides is 1. The van der Waals surface area contributed by atoms with Crippen molar-refractivity contribution in [2.75, 3.05) is 18.8 Å². The number of pyridine rings is 1. The van der Waals surface area contributed by atoms with E-state index in [1.807, 2.05) is 28.8 Å². The fourth-order valence-corrected chi connectivity index (χ4v) is 4.41. The van der Waals surface area contributed by atoms with Crippen molar-refractivity contribution in [1.29, 1.82) is 0 Å². The van der Waals surface area contributed by atoms with Gasteiger partial charge < -0.3 is 9.42 Å². The number of aromatic nitrogens is 3. The first-order chi connectivity index (χ1) is 11.8. The minimum Gasteiger partial charge on any atom is -0.340 e. The molecule has 0 atom stereocenters. The molecule has 1 saturated heterocycles. The Labute approximate surface area is 145 Å². The van der Waals surface area contributed by atoms with E-state index in [-0.39, 0.29) is 11.8 Å². The summed E-state index contributed by atoms with van der Waals surface area (Å²) in [5.74, 6) is 2.15. The summed E-state index contributed by atoms with van der Waals surface area (Å²) in [6.07, 6.45) is 8.58. The van der Waals surface area contributed by atoms with E-state index < -0.39 is 0 Å². The average Bonchev–Trinajstić information content (AvgIpc) is 3.24. The molecule has 2 aromatic rings. The number of hydrogen-bond acceptors (Lipinski definition) is 6. The Morgan fingerprint density at radius 2 is 2.17 bits per heavy atom. The molecule has 1 amide bonds. The Morgan fingerprint density at radius 1 is 1.33 bits per heavy atom. The number of thioether (sulfide) groups is 1. The molecule has 126 valence electrons. The van der Waals surface area contributed by atoms with E-state index in [2.05, 4.69) is 15.1 Å². The van der Waals surface area contributed by atoms with Gasteiger partial charge in [0.2, 0.25) is 17.6 Å². The van der Waals surface area contributed by atoms with Crippen molar-refractivity contribution in [2.24, 2.45) is 0 Å². The molecule has 1 aliphatic heterocycles. The third-order valence-corrected chi connectivity index (χ3v) is 6.05. The highest BCUT2D eigenvalue weighted by Crippen LogP contribution is 2.31. The second-order valence-electron chi connectivity index (χ2n) is 6.41. The fraction of sp³-hybridized carbons (Fsp3) is 0.529. The molecule has 1 saturated carbocycles. The van der Waals surface area contributed by atoms with Crippen molar-refractivity contribution in [3.8, 4) is 11.4 Å². The maximum absolute atomic E-state index is 12.2. The quantitative estimate of drug-likeness (QED) is 0.830. The van der Waals surface area contributed by atoms with E-state index >= 15 is 0 Å². The van der Waals surface area contributed by atoms with Crippen molar-refractivity contribution >= 4 is 17.7 Å². The summed E-state index contributed by atoms with van der Waals surface area (Å²) in [5, 5.41) is 4.70. The van der Waals surface area contributed by atoms with E-state index in [0.29, 0.717) is 35.8 Å². The van der Waals surface area contributed by atoms with Crippen LogP contribution >= 0.6 is 11.8 Å². The second-order valence-corrected chi connectivity index (χ2v) is 7.70. The molecule has 0 spiro atoms. The molecular formula is C17H20N4O2S. The minimum atomic E-state index is 0.156. The molecule has 0 aromatic carbocycles. The lowest BCUT2D eigenvalue weighted by atomic mass is 10.0. The van der Waals surface area contributed by atoms with Crippen LogP contribution in [0.5, 0.6) is 0 Å². The summed E-state index contributed by atoms with van der Waals surface area (Å²) in [5.41, 5.74) is 0.840. The standard InChI is InChI=1S/C17H20N4O2S/c22-15(11-24-14-5-1-2-6-14)21-9-13(10-21)17-19-16(20-23-17)12-4-3-7-18-8-12/h3-4,7-8,13-14H,1-2,5-6,9-11H2. The maximum atomic E-state index is 12.2. The molecule has 3 heterocycles. The summed E-state index contributed by atoms with van der Waals surface area (Å²) in [4.78, 5) is 22.6. The van der Waals surface area contributed by atoms with Crippen LogP contribution in [0.1, 0.15) is 37.5 Å². The van der Waals surface area contributed by atoms with Crippen LogP contribution in [0.15, 0.2) is 29.0 Å². The van der Waals surface area contributed by atoms with E-state index in [4.69, 9.17) is 4.52 Å². The molecule has 0 unspecified atom stereocenters. The van der Waals surface area contributed by atoms with Crippen molar-refractivity contribution in [3.05, 3.63) is 30.4 Å². The number of carbonyl (C=O) groups is 1. The summed E-state index contributed by atoms with van der Waals surface area (Å²) >= 11 is 1.82. The largest absolute Gasteiger partial charge is 0.340 e. The first kappa shape index (κ1) is 15.6. The third-order valence-electron chi connectivity index (χ3n) is 4.69. The zero-order chi connectivity index (χ0) is 16.4. The predicted octanol–water partition coefficient (Wildman–Crippen LogP) is 2.73. The van der Waals surface area contributed by atoms with E-state index in [1.54, 1.807) is 12.4 Å². The number of nitrogens with zero attached hydrogens (tertiary/aromatic N) is 4. The number of carbonyl (C=O) groups excluding carboxylic acids is 1. The van der Waals surface area contributed by atoms with Crippen LogP contribution in [0.2, 0.25) is 0 Å². The van der Waals surface area contributed by atoms with Gasteiger partial charge in [-0.2, -0.15) is 4.98 Å². The van der Waals surface area contributed by atoms with Crippen LogP contribution in [0.3, 0.4) is 0 Å². The van der Waals surface area contributed by atoms with Crippen molar-refractivity contribution in [3.63, 3.8) is 0 Å². The van der Waals surface area contributed by atoms with Gasteiger partial charge in [-0.3, -0.25) is 9.78 Å². The van der Waals surface area contributed by atoms with Gasteiger partial charge in [0.1, 0.15) is 0 Å². The Balaban J connectivity index is 1.28. The Morgan fingerprint density at radius 3 is 2.92 bits per heavy atom. The highest BCUT2D eigenvalue weighted by molar-refractivity contribution is 8.00. The van der Waals surface area contributed by atoms with Crippen molar-refractivity contribution < 1.29 is 9.32 Å². The Hall–Kier alpha value is -1.89. The molecule has 6 nitrogen and oxygen atoms in total. The van der Waals surface area contributed by atoms with Gasteiger partial charge in [-0.25, -0.2) is 0 Å². The van der Waals surface area contributed by atoms with Gasteiger partial charge in [0.25, 0.3) is 0 Å². The molecule has 7 heteroatoms. The zero-order valence-corrected chi connectivity index (χ0v) is 14.2. The summed E-state index contributed by atoms with van der Waals surface area (Å²) in [7, 11) is 0. The monoisotopic (exact) mass is 344 g/mol. The van der Waals surface area contributed by atoms with Crippen molar-refractivity contribution in [2.45, 2.75) is 36.9 Å². The fourth-order valence-electron chi connectivity index (χ4n) is 3.19. The molecule has 1 aliphatic carbocycles. The van der Waals surface area contributed by atoms with E-state index in [1.165, 1.54) is 25.7 Å². The van der Waals surface area contributed by atoms with Gasteiger partial charge in [-0.1, -0.05) is 18.0 Å². The first-order valence-corrected chi connectivity index (χ1v) is 9.48. The average molecular weight is 344 g/mol. The van der Waals surface area contributed by atoms with E-state index in [0.717, 1.165) is 5.56 Å². The van der Waals surface area contributed by atoms with Gasteiger partial charge in [0.05, 0.1) is 11.7 Å². The SMILES string of the molecule is O=C(CSC1CCCC1)N1CC(c2nc(-c3cccnc3)no2)C1. The lowest BCUT2D eigenvalue weighted by molar-refractivity contribution is -0.133. The van der Waals surface area contributed by atoms with Crippen LogP contribution in [0.25, 0.3) is 11.4 Å². The lowest BCUT2D eigenvalue weighted by Gasteiger charge is -2.37. The maximum Gasteiger partial charge on any atom is 0.233 e. The smallest absolute Gasteiger partial charge is 0.233 e. The Kier molecular flexibility index (Phi) is 4.51. The summed E-state index contributed by atoms with van der Waals surface area (Å²) < 4.78 is 5.36. The van der Waals surface area contributed by atoms with Gasteiger partial charge in [-0.15, -0.1) is 11.8 Å². The highest BCUT2D eigenvalue weighted by Gasteiger charge is 2.35. The molecule has 0 radical (unpaired) electrons. The molecule has 2 aliphatic rings. The van der Waals surface area contributed by atoms with E-state index in [9.17, 15) is 4.79 Å². The van der Waals surface area contributed by atoms with Crippen LogP contribution in [-0.4, -0.2) is 50.0 Å². The van der Waals surface area contributed by atoms with Gasteiger partial charge in [0, 0.05) is 36.3 Å². The normalized spacial score (nSPS) is 18.8. The van der Waals surface area contributed by atoms with Crippen LogP contribution in [0.4, 0.5) is 0 Å². The molecule has 24 heavy (non-hydrogen) atoms. The molecular weight excluding hydrogens is 324 g/mol. The number of likely N-dealkylation sites (tertiary alicyclic amines) is 1. The van der Waals surface area contributed by atoms with Crippen molar-refractivity contribution in [1.82, 2.24) is 20.0 Å². The molecule has 0 N–H and O–H groups in total. The number of rotatable bonds is 5. The molecule has 2 fully saturated rings. The summed E-state index contributed by atoms with van der Waals surface area (Å²) in [6.45, 7) is 1.36. The summed E-state index contributed by atoms with van der Waals surface area (Å²) in [6, 6.07) is 3.75. The predicted molar refractivity (Wildman–Crippen MR) is 91.6 cm³/mol. The van der Waals surface area contributed by atoms with Crippen LogP contribution in [-0.2, 0) is 4.79 Å². The lowest BCUT2D eigenvalue weighted by Crippen LogP contribution is -2.49. The highest BCUT2D eigenvalue weighted by atomic mass is 32.2. The van der Waals surface area contributed by atoms with Gasteiger partial charge in [0.15, 0.2) is 0 Å². The second kappa shape index (κ2) is 6.93. The van der Waals surface area contributed by atoms with Gasteiger partial charge >= 0.3 is 0 Å². The Bertz CT molecular complexity index is 694. The van der Waals surface area contributed by atoms with Crippen LogP contribution in [0, 0.1) is 0 Å². The molecule has 2 aromatic heterocycles. The molecule has 0 bridgehead atoms. The first-order valence-electron chi connectivity index (χ1n) is 8.43. The molecule has 4 rings (SSSR count). The van der Waals surface area contributed by atoms with Crippen LogP contribution < -0.4 is 0 Å². The third kappa shape index (κ3) is 3.31. The number of hydrogen-bond donors (Lipinski definition) is 0. The zero-order valence-electron chi connectivity index (χ0n) is 13.4. The minimum absolute atomic E-state index is 0.156.